The maximum Gasteiger partial charge on any atom is 0.330 e. The summed E-state index contributed by atoms with van der Waals surface area (Å²) in [7, 11) is 0. The second-order valence-electron chi connectivity index (χ2n) is 4.98. The van der Waals surface area contributed by atoms with Gasteiger partial charge in [0.05, 0.1) is 6.61 Å². The first kappa shape index (κ1) is 13.0. The zero-order valence-electron chi connectivity index (χ0n) is 10.5. The lowest BCUT2D eigenvalue weighted by atomic mass is 9.51. The van der Waals surface area contributed by atoms with Crippen LogP contribution in [-0.4, -0.2) is 12.6 Å². The number of carbonyl (C=O) groups excluding carboxylic acids is 1. The fourth-order valence-electron chi connectivity index (χ4n) is 2.39. The van der Waals surface area contributed by atoms with Crippen LogP contribution >= 0.6 is 0 Å². The molecule has 2 bridgehead atoms. The number of hydrogen-bond acceptors (Lipinski definition) is 2. The Balaban J connectivity index is 0.000000168. The molecule has 3 rings (SSSR count). The van der Waals surface area contributed by atoms with Crippen LogP contribution in [0, 0.1) is 17.3 Å². The van der Waals surface area contributed by atoms with Gasteiger partial charge in [0, 0.05) is 6.08 Å². The van der Waals surface area contributed by atoms with Gasteiger partial charge < -0.3 is 4.74 Å². The molecule has 2 nitrogen and oxygen atoms in total. The number of esters is 1. The quantitative estimate of drug-likeness (QED) is 0.407. The molecule has 0 spiro atoms. The van der Waals surface area contributed by atoms with E-state index in [2.05, 4.69) is 37.3 Å². The van der Waals surface area contributed by atoms with Crippen molar-refractivity contribution in [2.45, 2.75) is 33.6 Å². The Morgan fingerprint density at radius 2 is 2.31 bits per heavy atom. The van der Waals surface area contributed by atoms with E-state index in [1.165, 1.54) is 12.8 Å². The molecule has 2 unspecified atom stereocenters. The van der Waals surface area contributed by atoms with E-state index in [0.717, 1.165) is 17.9 Å². The first-order chi connectivity index (χ1) is 7.52. The van der Waals surface area contributed by atoms with Crippen LogP contribution in [0.25, 0.3) is 0 Å². The van der Waals surface area contributed by atoms with Crippen LogP contribution in [-0.2, 0) is 9.53 Å². The van der Waals surface area contributed by atoms with Gasteiger partial charge in [0.2, 0.25) is 0 Å². The Morgan fingerprint density at radius 3 is 2.50 bits per heavy atom. The molecule has 90 valence electrons. The second-order valence-corrected chi connectivity index (χ2v) is 4.98. The number of ether oxygens (including phenoxy) is 1. The highest BCUT2D eigenvalue weighted by atomic mass is 16.5. The van der Waals surface area contributed by atoms with Crippen molar-refractivity contribution in [1.29, 1.82) is 0 Å². The van der Waals surface area contributed by atoms with Crippen molar-refractivity contribution in [3.8, 4) is 0 Å². The third-order valence-corrected chi connectivity index (χ3v) is 3.79. The predicted octanol–water partition coefficient (Wildman–Crippen LogP) is 3.34. The van der Waals surface area contributed by atoms with Crippen LogP contribution in [0.5, 0.6) is 0 Å². The van der Waals surface area contributed by atoms with Gasteiger partial charge >= 0.3 is 5.97 Å². The van der Waals surface area contributed by atoms with E-state index in [-0.39, 0.29) is 5.97 Å². The largest absolute Gasteiger partial charge is 0.463 e. The molecule has 3 aliphatic rings. The summed E-state index contributed by atoms with van der Waals surface area (Å²) < 4.78 is 4.43. The zero-order valence-corrected chi connectivity index (χ0v) is 10.5. The molecule has 2 heteroatoms. The van der Waals surface area contributed by atoms with Crippen molar-refractivity contribution < 1.29 is 9.53 Å². The summed E-state index contributed by atoms with van der Waals surface area (Å²) >= 11 is 0. The van der Waals surface area contributed by atoms with Gasteiger partial charge in [-0.05, 0) is 37.0 Å². The molecule has 0 saturated heterocycles. The van der Waals surface area contributed by atoms with Crippen LogP contribution in [0.15, 0.2) is 24.8 Å². The fourth-order valence-corrected chi connectivity index (χ4v) is 2.39. The molecule has 0 aromatic carbocycles. The standard InChI is InChI=1S/C9H14.C5H8O2/c1-9(2)7-4-3-5-8(9)6-7;1-3-5(6)7-4-2/h3-4,7-8H,5-6H2,1-2H3;3H,1,4H2,2H3. The third-order valence-electron chi connectivity index (χ3n) is 3.79. The molecule has 2 atom stereocenters. The molecule has 0 aromatic heterocycles. The minimum atomic E-state index is -0.359. The highest BCUT2D eigenvalue weighted by Gasteiger charge is 2.47. The lowest BCUT2D eigenvalue weighted by Gasteiger charge is -2.53. The van der Waals surface area contributed by atoms with Gasteiger partial charge in [-0.1, -0.05) is 32.6 Å². The molecule has 0 aromatic rings. The number of fused-ring (bicyclic) bond motifs is 1. The van der Waals surface area contributed by atoms with Crippen LogP contribution in [0.1, 0.15) is 33.6 Å². The smallest absolute Gasteiger partial charge is 0.330 e. The van der Waals surface area contributed by atoms with Crippen molar-refractivity contribution in [2.75, 3.05) is 6.61 Å². The SMILES string of the molecule is C=CC(=O)OCC.CC1(C)C2C=CCC1C2. The molecule has 0 N–H and O–H groups in total. The zero-order chi connectivity index (χ0) is 12.2. The molecule has 0 amide bonds. The van der Waals surface area contributed by atoms with Gasteiger partial charge in [-0.2, -0.15) is 0 Å². The Kier molecular flexibility index (Phi) is 4.34. The van der Waals surface area contributed by atoms with E-state index in [1.807, 2.05) is 0 Å². The minimum Gasteiger partial charge on any atom is -0.463 e. The van der Waals surface area contributed by atoms with Crippen molar-refractivity contribution in [1.82, 2.24) is 0 Å². The van der Waals surface area contributed by atoms with Crippen molar-refractivity contribution in [2.24, 2.45) is 17.3 Å². The van der Waals surface area contributed by atoms with Crippen LogP contribution in [0.2, 0.25) is 0 Å². The highest BCUT2D eigenvalue weighted by Crippen LogP contribution is 2.56. The summed E-state index contributed by atoms with van der Waals surface area (Å²) in [5.41, 5.74) is 0.648. The molecule has 1 saturated carbocycles. The molecule has 0 radical (unpaired) electrons. The summed E-state index contributed by atoms with van der Waals surface area (Å²) in [5, 5.41) is 0. The number of rotatable bonds is 2. The van der Waals surface area contributed by atoms with Crippen molar-refractivity contribution in [3.05, 3.63) is 24.8 Å². The minimum absolute atomic E-state index is 0.359. The summed E-state index contributed by atoms with van der Waals surface area (Å²) in [6, 6.07) is 0. The third kappa shape index (κ3) is 2.75. The second kappa shape index (κ2) is 5.33. The average Bonchev–Trinajstić information content (AvgIpc) is 2.31. The van der Waals surface area contributed by atoms with E-state index in [4.69, 9.17) is 0 Å². The molecular formula is C14H22O2. The van der Waals surface area contributed by atoms with Gasteiger partial charge in [-0.3, -0.25) is 0 Å². The van der Waals surface area contributed by atoms with Crippen molar-refractivity contribution >= 4 is 5.97 Å². The predicted molar refractivity (Wildman–Crippen MR) is 66.0 cm³/mol. The van der Waals surface area contributed by atoms with Crippen molar-refractivity contribution in [3.63, 3.8) is 0 Å². The molecule has 1 fully saturated rings. The Hall–Kier alpha value is -1.05. The molecule has 16 heavy (non-hydrogen) atoms. The van der Waals surface area contributed by atoms with Crippen LogP contribution in [0.3, 0.4) is 0 Å². The number of carbonyl (C=O) groups is 1. The highest BCUT2D eigenvalue weighted by molar-refractivity contribution is 5.81. The Bertz CT molecular complexity index is 289. The summed E-state index contributed by atoms with van der Waals surface area (Å²) in [4.78, 5) is 10.1. The number of allylic oxidation sites excluding steroid dienone is 2. The first-order valence-corrected chi connectivity index (χ1v) is 5.98. The van der Waals surface area contributed by atoms with Crippen LogP contribution < -0.4 is 0 Å². The van der Waals surface area contributed by atoms with Gasteiger partial charge in [-0.15, -0.1) is 0 Å². The molecular weight excluding hydrogens is 200 g/mol. The lowest BCUT2D eigenvalue weighted by molar-refractivity contribution is -0.137. The van der Waals surface area contributed by atoms with Gasteiger partial charge in [0.25, 0.3) is 0 Å². The molecule has 0 aliphatic heterocycles. The molecule has 3 aliphatic carbocycles. The topological polar surface area (TPSA) is 26.3 Å². The van der Waals surface area contributed by atoms with Gasteiger partial charge in [0.15, 0.2) is 0 Å². The maximum absolute atomic E-state index is 10.1. The molecule has 0 heterocycles. The van der Waals surface area contributed by atoms with Gasteiger partial charge in [0.1, 0.15) is 0 Å². The van der Waals surface area contributed by atoms with Crippen LogP contribution in [0.4, 0.5) is 0 Å². The normalized spacial score (nSPS) is 28.2. The van der Waals surface area contributed by atoms with E-state index < -0.39 is 0 Å². The summed E-state index contributed by atoms with van der Waals surface area (Å²) in [6.45, 7) is 10.2. The fraction of sp³-hybridized carbons (Fsp3) is 0.643. The Labute approximate surface area is 98.4 Å². The monoisotopic (exact) mass is 222 g/mol. The maximum atomic E-state index is 10.1. The van der Waals surface area contributed by atoms with E-state index in [0.29, 0.717) is 12.0 Å². The average molecular weight is 222 g/mol. The van der Waals surface area contributed by atoms with E-state index in [9.17, 15) is 4.79 Å². The number of hydrogen-bond donors (Lipinski definition) is 0. The summed E-state index contributed by atoms with van der Waals surface area (Å²) in [6.07, 6.45) is 8.70. The Morgan fingerprint density at radius 1 is 1.62 bits per heavy atom. The van der Waals surface area contributed by atoms with Gasteiger partial charge in [-0.25, -0.2) is 4.79 Å². The van der Waals surface area contributed by atoms with E-state index >= 15 is 0 Å². The summed E-state index contributed by atoms with van der Waals surface area (Å²) in [5.74, 6) is 1.56. The lowest BCUT2D eigenvalue weighted by Crippen LogP contribution is -2.45. The van der Waals surface area contributed by atoms with E-state index in [1.54, 1.807) is 6.92 Å². The first-order valence-electron chi connectivity index (χ1n) is 5.98.